The lowest BCUT2D eigenvalue weighted by atomic mass is 10.1. The minimum atomic E-state index is -3.51. The molecule has 1 amide bonds. The molecule has 8 nitrogen and oxygen atoms in total. The van der Waals surface area contributed by atoms with Gasteiger partial charge in [0.25, 0.3) is 0 Å². The fourth-order valence-corrected chi connectivity index (χ4v) is 5.01. The number of halogens is 1. The number of carbonyl (C=O) groups excluding carboxylic acids is 1. The Bertz CT molecular complexity index is 1170. The fourth-order valence-electron chi connectivity index (χ4n) is 3.24. The minimum Gasteiger partial charge on any atom is -0.345 e. The predicted octanol–water partition coefficient (Wildman–Crippen LogP) is 2.07. The highest BCUT2D eigenvalue weighted by atomic mass is 32.2. The Hall–Kier alpha value is -2.53. The lowest BCUT2D eigenvalue weighted by Crippen LogP contribution is -2.33. The van der Waals surface area contributed by atoms with E-state index in [-0.39, 0.29) is 10.6 Å². The van der Waals surface area contributed by atoms with Gasteiger partial charge in [0.15, 0.2) is 15.5 Å². The summed E-state index contributed by atoms with van der Waals surface area (Å²) in [6.07, 6.45) is 6.63. The molecule has 0 bridgehead atoms. The van der Waals surface area contributed by atoms with Gasteiger partial charge < -0.3 is 4.90 Å². The average Bonchev–Trinajstić information content (AvgIpc) is 3.13. The number of likely N-dealkylation sites (tertiary alicyclic amines) is 1. The number of nitrogens with zero attached hydrogens (tertiary/aromatic N) is 5. The Morgan fingerprint density at radius 1 is 1.24 bits per heavy atom. The standard InChI is InChI=1S/C18H18FN5O3S2/c1-29(26,27)13-2-3-16(15(19)8-13)24-17-14(9-22-24)18(21-10-20-17)28-12-4-6-23(11-25)7-5-12/h2-3,8-12H,4-7H2,1H3. The van der Waals surface area contributed by atoms with Crippen molar-refractivity contribution < 1.29 is 17.6 Å². The van der Waals surface area contributed by atoms with Crippen LogP contribution in [0.2, 0.25) is 0 Å². The van der Waals surface area contributed by atoms with Gasteiger partial charge in [-0.1, -0.05) is 0 Å². The van der Waals surface area contributed by atoms with Gasteiger partial charge in [-0.15, -0.1) is 11.8 Å². The van der Waals surface area contributed by atoms with Crippen molar-refractivity contribution in [2.24, 2.45) is 0 Å². The Kier molecular flexibility index (Phi) is 5.26. The van der Waals surface area contributed by atoms with Crippen molar-refractivity contribution >= 4 is 39.0 Å². The number of hydrogen-bond acceptors (Lipinski definition) is 7. The highest BCUT2D eigenvalue weighted by molar-refractivity contribution is 8.00. The Morgan fingerprint density at radius 2 is 2.00 bits per heavy atom. The van der Waals surface area contributed by atoms with Gasteiger partial charge >= 0.3 is 0 Å². The van der Waals surface area contributed by atoms with Crippen molar-refractivity contribution in [3.05, 3.63) is 36.5 Å². The monoisotopic (exact) mass is 435 g/mol. The van der Waals surface area contributed by atoms with Gasteiger partial charge in [0, 0.05) is 24.6 Å². The van der Waals surface area contributed by atoms with Crippen LogP contribution < -0.4 is 0 Å². The first-order valence-electron chi connectivity index (χ1n) is 8.91. The summed E-state index contributed by atoms with van der Waals surface area (Å²) < 4.78 is 39.2. The molecule has 0 radical (unpaired) electrons. The molecule has 3 heterocycles. The molecule has 2 aromatic heterocycles. The Morgan fingerprint density at radius 3 is 2.66 bits per heavy atom. The number of sulfone groups is 1. The number of rotatable bonds is 5. The maximum absolute atomic E-state index is 14.6. The molecule has 1 aromatic carbocycles. The van der Waals surface area contributed by atoms with E-state index in [0.717, 1.165) is 36.6 Å². The van der Waals surface area contributed by atoms with Crippen LogP contribution in [0.3, 0.4) is 0 Å². The molecular formula is C18H18FN5O3S2. The lowest BCUT2D eigenvalue weighted by molar-refractivity contribution is -0.118. The third-order valence-electron chi connectivity index (χ3n) is 4.81. The van der Waals surface area contributed by atoms with Gasteiger partial charge in [-0.05, 0) is 31.0 Å². The van der Waals surface area contributed by atoms with E-state index in [2.05, 4.69) is 15.1 Å². The number of aromatic nitrogens is 4. The average molecular weight is 436 g/mol. The molecular weight excluding hydrogens is 417 g/mol. The molecule has 0 N–H and O–H groups in total. The summed E-state index contributed by atoms with van der Waals surface area (Å²) >= 11 is 1.60. The Balaban J connectivity index is 1.65. The normalized spacial score (nSPS) is 15.7. The highest BCUT2D eigenvalue weighted by Gasteiger charge is 2.22. The maximum atomic E-state index is 14.6. The van der Waals surface area contributed by atoms with E-state index >= 15 is 0 Å². The zero-order valence-electron chi connectivity index (χ0n) is 15.5. The number of thioether (sulfide) groups is 1. The summed E-state index contributed by atoms with van der Waals surface area (Å²) in [7, 11) is -3.51. The van der Waals surface area contributed by atoms with Crippen LogP contribution in [0.4, 0.5) is 4.39 Å². The van der Waals surface area contributed by atoms with Gasteiger partial charge in [0.1, 0.15) is 22.9 Å². The zero-order valence-corrected chi connectivity index (χ0v) is 17.2. The molecule has 1 aliphatic rings. The smallest absolute Gasteiger partial charge is 0.209 e. The summed E-state index contributed by atoms with van der Waals surface area (Å²) in [5.41, 5.74) is 0.556. The van der Waals surface area contributed by atoms with E-state index in [0.29, 0.717) is 29.4 Å². The second kappa shape index (κ2) is 7.71. The number of benzene rings is 1. The molecule has 0 spiro atoms. The number of amides is 1. The van der Waals surface area contributed by atoms with Gasteiger partial charge in [-0.3, -0.25) is 4.79 Å². The van der Waals surface area contributed by atoms with Crippen LogP contribution in [0, 0.1) is 5.82 Å². The first-order chi connectivity index (χ1) is 13.9. The highest BCUT2D eigenvalue weighted by Crippen LogP contribution is 2.33. The Labute approximate surface area is 171 Å². The number of hydrogen-bond donors (Lipinski definition) is 0. The van der Waals surface area contributed by atoms with Crippen molar-refractivity contribution in [3.8, 4) is 5.69 Å². The van der Waals surface area contributed by atoms with Gasteiger partial charge in [0.05, 0.1) is 16.5 Å². The van der Waals surface area contributed by atoms with Crippen LogP contribution in [0.15, 0.2) is 40.6 Å². The second-order valence-corrected chi connectivity index (χ2v) is 10.1. The third-order valence-corrected chi connectivity index (χ3v) is 7.27. The summed E-state index contributed by atoms with van der Waals surface area (Å²) in [6.45, 7) is 1.43. The van der Waals surface area contributed by atoms with Crippen LogP contribution in [0.1, 0.15) is 12.8 Å². The van der Waals surface area contributed by atoms with E-state index in [1.165, 1.54) is 23.1 Å². The molecule has 1 fully saturated rings. The number of carbonyl (C=O) groups is 1. The quantitative estimate of drug-likeness (QED) is 0.447. The van der Waals surface area contributed by atoms with Crippen molar-refractivity contribution in [2.45, 2.75) is 28.0 Å². The fraction of sp³-hybridized carbons (Fsp3) is 0.333. The van der Waals surface area contributed by atoms with Crippen molar-refractivity contribution in [1.82, 2.24) is 24.6 Å². The maximum Gasteiger partial charge on any atom is 0.209 e. The second-order valence-electron chi connectivity index (χ2n) is 6.82. The summed E-state index contributed by atoms with van der Waals surface area (Å²) in [4.78, 5) is 21.1. The molecule has 11 heteroatoms. The zero-order chi connectivity index (χ0) is 20.6. The van der Waals surface area contributed by atoms with E-state index in [9.17, 15) is 17.6 Å². The minimum absolute atomic E-state index is 0.0947. The van der Waals surface area contributed by atoms with Crippen molar-refractivity contribution in [3.63, 3.8) is 0 Å². The molecule has 1 saturated heterocycles. The number of piperidine rings is 1. The largest absolute Gasteiger partial charge is 0.345 e. The van der Waals surface area contributed by atoms with E-state index < -0.39 is 15.7 Å². The van der Waals surface area contributed by atoms with E-state index in [4.69, 9.17) is 0 Å². The van der Waals surface area contributed by atoms with Crippen LogP contribution in [0.5, 0.6) is 0 Å². The molecule has 0 aliphatic carbocycles. The van der Waals surface area contributed by atoms with Crippen molar-refractivity contribution in [1.29, 1.82) is 0 Å². The number of fused-ring (bicyclic) bond motifs is 1. The van der Waals surface area contributed by atoms with Crippen LogP contribution in [-0.4, -0.2) is 64.1 Å². The first kappa shape index (κ1) is 19.8. The summed E-state index contributed by atoms with van der Waals surface area (Å²) in [5.74, 6) is -0.702. The predicted molar refractivity (Wildman–Crippen MR) is 106 cm³/mol. The van der Waals surface area contributed by atoms with Gasteiger partial charge in [-0.2, -0.15) is 5.10 Å². The first-order valence-corrected chi connectivity index (χ1v) is 11.7. The van der Waals surface area contributed by atoms with E-state index in [1.807, 2.05) is 0 Å². The van der Waals surface area contributed by atoms with Crippen LogP contribution >= 0.6 is 11.8 Å². The molecule has 0 saturated carbocycles. The van der Waals surface area contributed by atoms with Crippen LogP contribution in [-0.2, 0) is 14.6 Å². The molecule has 0 unspecified atom stereocenters. The molecule has 152 valence electrons. The topological polar surface area (TPSA) is 98.1 Å². The summed E-state index contributed by atoms with van der Waals surface area (Å²) in [5, 5.41) is 6.02. The third kappa shape index (κ3) is 3.97. The van der Waals surface area contributed by atoms with Crippen molar-refractivity contribution in [2.75, 3.05) is 19.3 Å². The molecule has 1 aliphatic heterocycles. The van der Waals surface area contributed by atoms with E-state index in [1.54, 1.807) is 22.9 Å². The van der Waals surface area contributed by atoms with Gasteiger partial charge in [0.2, 0.25) is 6.41 Å². The molecule has 4 rings (SSSR count). The molecule has 3 aromatic rings. The molecule has 29 heavy (non-hydrogen) atoms. The lowest BCUT2D eigenvalue weighted by Gasteiger charge is -2.28. The SMILES string of the molecule is CS(=O)(=O)c1ccc(-n2ncc3c(SC4CCN(C=O)CC4)ncnc32)c(F)c1. The van der Waals surface area contributed by atoms with Crippen LogP contribution in [0.25, 0.3) is 16.7 Å². The molecule has 0 atom stereocenters. The van der Waals surface area contributed by atoms with Gasteiger partial charge in [-0.25, -0.2) is 27.5 Å². The summed E-state index contributed by atoms with van der Waals surface area (Å²) in [6, 6.07) is 3.71.